The largest absolute Gasteiger partial charge is 0.399 e. The first-order valence-electron chi connectivity index (χ1n) is 7.32. The van der Waals surface area contributed by atoms with Crippen LogP contribution in [0, 0.1) is 15.2 Å². The fraction of sp³-hybridized carbons (Fsp3) is 0. The second kappa shape index (κ2) is 7.13. The first kappa shape index (κ1) is 16.6. The highest BCUT2D eigenvalue weighted by molar-refractivity contribution is 14.1. The van der Waals surface area contributed by atoms with Crippen molar-refractivity contribution in [3.8, 4) is 11.1 Å². The Morgan fingerprint density at radius 3 is 1.92 bits per heavy atom. The molecule has 0 radical (unpaired) electrons. The average molecular weight is 433 g/mol. The van der Waals surface area contributed by atoms with Crippen LogP contribution in [0.5, 0.6) is 0 Å². The molecule has 0 fully saturated rings. The van der Waals surface area contributed by atoms with Crippen molar-refractivity contribution in [2.75, 3.05) is 5.73 Å². The second-order valence-corrected chi connectivity index (χ2v) is 6.50. The number of rotatable bonds is 3. The van der Waals surface area contributed by atoms with Gasteiger partial charge in [-0.05, 0) is 57.5 Å². The molecule has 0 aliphatic carbocycles. The van der Waals surface area contributed by atoms with E-state index in [0.29, 0.717) is 0 Å². The SMILES string of the molecule is Nc1ccc(-c2ccc(/C=C\c3ccc(I)c(F)c3F)cc2)cc1. The van der Waals surface area contributed by atoms with Crippen molar-refractivity contribution < 1.29 is 8.78 Å². The summed E-state index contributed by atoms with van der Waals surface area (Å²) < 4.78 is 27.7. The zero-order chi connectivity index (χ0) is 17.1. The predicted octanol–water partition coefficient (Wildman–Crippen LogP) is 5.99. The molecule has 4 heteroatoms. The van der Waals surface area contributed by atoms with Gasteiger partial charge in [-0.3, -0.25) is 0 Å². The van der Waals surface area contributed by atoms with E-state index in [1.165, 1.54) is 0 Å². The Balaban J connectivity index is 1.81. The highest BCUT2D eigenvalue weighted by Crippen LogP contribution is 2.23. The maximum absolute atomic E-state index is 13.8. The minimum absolute atomic E-state index is 0.232. The summed E-state index contributed by atoms with van der Waals surface area (Å²) in [7, 11) is 0. The smallest absolute Gasteiger partial charge is 0.172 e. The Bertz CT molecular complexity index is 885. The molecule has 0 heterocycles. The van der Waals surface area contributed by atoms with Crippen LogP contribution < -0.4 is 5.73 Å². The molecule has 24 heavy (non-hydrogen) atoms. The summed E-state index contributed by atoms with van der Waals surface area (Å²) in [5.41, 5.74) is 9.70. The van der Waals surface area contributed by atoms with Crippen LogP contribution in [0.4, 0.5) is 14.5 Å². The zero-order valence-electron chi connectivity index (χ0n) is 12.6. The molecule has 0 aromatic heterocycles. The summed E-state index contributed by atoms with van der Waals surface area (Å²) in [4.78, 5) is 0. The fourth-order valence-electron chi connectivity index (χ4n) is 2.32. The van der Waals surface area contributed by atoms with E-state index in [1.807, 2.05) is 48.5 Å². The van der Waals surface area contributed by atoms with Crippen molar-refractivity contribution >= 4 is 40.4 Å². The molecule has 120 valence electrons. The van der Waals surface area contributed by atoms with Gasteiger partial charge in [0.25, 0.3) is 0 Å². The van der Waals surface area contributed by atoms with Gasteiger partial charge in [-0.2, -0.15) is 0 Å². The lowest BCUT2D eigenvalue weighted by Gasteiger charge is -2.03. The molecule has 0 atom stereocenters. The molecular formula is C20H14F2IN. The highest BCUT2D eigenvalue weighted by atomic mass is 127. The van der Waals surface area contributed by atoms with Crippen molar-refractivity contribution in [1.82, 2.24) is 0 Å². The van der Waals surface area contributed by atoms with Crippen molar-refractivity contribution in [3.05, 3.63) is 87.0 Å². The first-order chi connectivity index (χ1) is 11.5. The molecule has 3 rings (SSSR count). The molecule has 2 N–H and O–H groups in total. The topological polar surface area (TPSA) is 26.0 Å². The Kier molecular flexibility index (Phi) is 4.94. The van der Waals surface area contributed by atoms with Gasteiger partial charge in [0.05, 0.1) is 3.57 Å². The van der Waals surface area contributed by atoms with Crippen LogP contribution in [0.25, 0.3) is 23.3 Å². The molecule has 0 amide bonds. The van der Waals surface area contributed by atoms with E-state index in [2.05, 4.69) is 0 Å². The van der Waals surface area contributed by atoms with E-state index in [-0.39, 0.29) is 9.13 Å². The van der Waals surface area contributed by atoms with Crippen LogP contribution in [-0.4, -0.2) is 0 Å². The van der Waals surface area contributed by atoms with Gasteiger partial charge in [-0.25, -0.2) is 8.78 Å². The molecule has 1 nitrogen and oxygen atoms in total. The lowest BCUT2D eigenvalue weighted by Crippen LogP contribution is -1.91. The Hall–Kier alpha value is -2.21. The third-order valence-electron chi connectivity index (χ3n) is 3.68. The summed E-state index contributed by atoms with van der Waals surface area (Å²) >= 11 is 1.77. The molecule has 0 saturated heterocycles. The summed E-state index contributed by atoms with van der Waals surface area (Å²) in [6.45, 7) is 0. The number of halogens is 3. The van der Waals surface area contributed by atoms with Crippen molar-refractivity contribution in [1.29, 1.82) is 0 Å². The lowest BCUT2D eigenvalue weighted by atomic mass is 10.0. The number of anilines is 1. The number of nitrogens with two attached hydrogens (primary N) is 1. The summed E-state index contributed by atoms with van der Waals surface area (Å²) in [5.74, 6) is -1.63. The number of nitrogen functional groups attached to an aromatic ring is 1. The molecule has 0 saturated carbocycles. The number of hydrogen-bond donors (Lipinski definition) is 1. The molecule has 0 unspecified atom stereocenters. The minimum Gasteiger partial charge on any atom is -0.399 e. The van der Waals surface area contributed by atoms with Crippen molar-refractivity contribution in [3.63, 3.8) is 0 Å². The standard InChI is InChI=1S/C20H14F2IN/c21-19-16(9-12-18(23)20(19)22)6-3-13-1-4-14(5-2-13)15-7-10-17(24)11-8-15/h1-12H,24H2/b6-3-. The zero-order valence-corrected chi connectivity index (χ0v) is 14.8. The predicted molar refractivity (Wildman–Crippen MR) is 104 cm³/mol. The third kappa shape index (κ3) is 3.64. The molecule has 0 bridgehead atoms. The van der Waals surface area contributed by atoms with Gasteiger partial charge in [0, 0.05) is 11.3 Å². The highest BCUT2D eigenvalue weighted by Gasteiger charge is 2.09. The van der Waals surface area contributed by atoms with Crippen LogP contribution in [-0.2, 0) is 0 Å². The maximum atomic E-state index is 13.8. The molecule has 0 aliphatic heterocycles. The van der Waals surface area contributed by atoms with Crippen LogP contribution in [0.3, 0.4) is 0 Å². The van der Waals surface area contributed by atoms with Gasteiger partial charge in [-0.1, -0.05) is 54.6 Å². The lowest BCUT2D eigenvalue weighted by molar-refractivity contribution is 0.502. The normalized spacial score (nSPS) is 11.1. The first-order valence-corrected chi connectivity index (χ1v) is 8.40. The molecule has 0 spiro atoms. The van der Waals surface area contributed by atoms with E-state index < -0.39 is 11.6 Å². The monoisotopic (exact) mass is 433 g/mol. The van der Waals surface area contributed by atoms with Gasteiger partial charge in [0.15, 0.2) is 11.6 Å². The molecule has 3 aromatic rings. The third-order valence-corrected chi connectivity index (χ3v) is 4.51. The van der Waals surface area contributed by atoms with Crippen LogP contribution >= 0.6 is 22.6 Å². The minimum atomic E-state index is -0.823. The van der Waals surface area contributed by atoms with Crippen LogP contribution in [0.1, 0.15) is 11.1 Å². The maximum Gasteiger partial charge on any atom is 0.172 e. The average Bonchev–Trinajstić information content (AvgIpc) is 2.60. The molecular weight excluding hydrogens is 419 g/mol. The van der Waals surface area contributed by atoms with E-state index in [0.717, 1.165) is 22.4 Å². The van der Waals surface area contributed by atoms with Gasteiger partial charge in [0.2, 0.25) is 0 Å². The van der Waals surface area contributed by atoms with Gasteiger partial charge in [0.1, 0.15) is 0 Å². The quantitative estimate of drug-likeness (QED) is 0.234. The number of hydrogen-bond acceptors (Lipinski definition) is 1. The van der Waals surface area contributed by atoms with Gasteiger partial charge >= 0.3 is 0 Å². The summed E-state index contributed by atoms with van der Waals surface area (Å²) in [6, 6.07) is 18.6. The van der Waals surface area contributed by atoms with Crippen LogP contribution in [0.15, 0.2) is 60.7 Å². The number of benzene rings is 3. The van der Waals surface area contributed by atoms with Gasteiger partial charge < -0.3 is 5.73 Å². The van der Waals surface area contributed by atoms with Crippen molar-refractivity contribution in [2.24, 2.45) is 0 Å². The second-order valence-electron chi connectivity index (χ2n) is 5.34. The van der Waals surface area contributed by atoms with E-state index in [1.54, 1.807) is 46.9 Å². The summed E-state index contributed by atoms with van der Waals surface area (Å²) in [6.07, 6.45) is 3.34. The Labute approximate surface area is 153 Å². The van der Waals surface area contributed by atoms with Gasteiger partial charge in [-0.15, -0.1) is 0 Å². The van der Waals surface area contributed by atoms with Crippen LogP contribution in [0.2, 0.25) is 0 Å². The van der Waals surface area contributed by atoms with E-state index >= 15 is 0 Å². The Morgan fingerprint density at radius 2 is 1.29 bits per heavy atom. The molecule has 3 aromatic carbocycles. The van der Waals surface area contributed by atoms with E-state index in [4.69, 9.17) is 5.73 Å². The fourth-order valence-corrected chi connectivity index (χ4v) is 2.73. The summed E-state index contributed by atoms with van der Waals surface area (Å²) in [5, 5.41) is 0. The molecule has 0 aliphatic rings. The Morgan fingerprint density at radius 1 is 0.708 bits per heavy atom. The van der Waals surface area contributed by atoms with Crippen molar-refractivity contribution in [2.45, 2.75) is 0 Å². The van der Waals surface area contributed by atoms with E-state index in [9.17, 15) is 8.78 Å².